The summed E-state index contributed by atoms with van der Waals surface area (Å²) in [6, 6.07) is 7.59. The lowest BCUT2D eigenvalue weighted by Crippen LogP contribution is -2.30. The van der Waals surface area contributed by atoms with Gasteiger partial charge in [0.1, 0.15) is 0 Å². The van der Waals surface area contributed by atoms with Gasteiger partial charge in [0.25, 0.3) is 0 Å². The van der Waals surface area contributed by atoms with Crippen molar-refractivity contribution in [2.75, 3.05) is 0 Å². The normalized spacial score (nSPS) is 35.4. The van der Waals surface area contributed by atoms with Gasteiger partial charge in [-0.05, 0) is 111 Å². The third-order valence-corrected chi connectivity index (χ3v) is 7.73. The summed E-state index contributed by atoms with van der Waals surface area (Å²) in [5, 5.41) is 0. The molecule has 3 aliphatic rings. The molecule has 0 saturated heterocycles. The molecule has 0 heteroatoms. The number of hydrogen-bond donors (Lipinski definition) is 0. The second kappa shape index (κ2) is 7.68. The summed E-state index contributed by atoms with van der Waals surface area (Å²) in [6.07, 6.45) is 18.9. The zero-order valence-electron chi connectivity index (χ0n) is 16.3. The van der Waals surface area contributed by atoms with Gasteiger partial charge in [-0.1, -0.05) is 43.7 Å². The first-order valence-electron chi connectivity index (χ1n) is 11.0. The zero-order chi connectivity index (χ0) is 17.2. The Morgan fingerprint density at radius 3 is 2.64 bits per heavy atom. The lowest BCUT2D eigenvalue weighted by atomic mass is 9.63. The highest BCUT2D eigenvalue weighted by atomic mass is 14.4. The molecule has 0 aromatic heterocycles. The molecule has 2 saturated carbocycles. The number of allylic oxidation sites excluding steroid dienone is 2. The van der Waals surface area contributed by atoms with Gasteiger partial charge in [-0.25, -0.2) is 0 Å². The van der Waals surface area contributed by atoms with Crippen molar-refractivity contribution in [3.63, 3.8) is 0 Å². The Hall–Kier alpha value is -1.04. The van der Waals surface area contributed by atoms with E-state index in [4.69, 9.17) is 0 Å². The summed E-state index contributed by atoms with van der Waals surface area (Å²) < 4.78 is 0. The number of benzene rings is 1. The van der Waals surface area contributed by atoms with Crippen LogP contribution in [-0.2, 0) is 12.8 Å². The van der Waals surface area contributed by atoms with Crippen LogP contribution in [0.5, 0.6) is 0 Å². The predicted octanol–water partition coefficient (Wildman–Crippen LogP) is 7.08. The van der Waals surface area contributed by atoms with Crippen LogP contribution >= 0.6 is 0 Å². The van der Waals surface area contributed by atoms with Crippen LogP contribution in [0.4, 0.5) is 0 Å². The van der Waals surface area contributed by atoms with Crippen LogP contribution in [0.3, 0.4) is 0 Å². The van der Waals surface area contributed by atoms with Crippen molar-refractivity contribution in [2.45, 2.75) is 84.0 Å². The van der Waals surface area contributed by atoms with E-state index in [0.29, 0.717) is 0 Å². The molecule has 25 heavy (non-hydrogen) atoms. The number of aryl methyl sites for hydroxylation is 1. The van der Waals surface area contributed by atoms with Gasteiger partial charge in [0.05, 0.1) is 0 Å². The summed E-state index contributed by atoms with van der Waals surface area (Å²) in [5.74, 6) is 4.66. The molecule has 0 N–H and O–H groups in total. The lowest BCUT2D eigenvalue weighted by Gasteiger charge is -2.42. The molecule has 5 atom stereocenters. The third kappa shape index (κ3) is 3.74. The van der Waals surface area contributed by atoms with Gasteiger partial charge in [-0.3, -0.25) is 0 Å². The Kier molecular flexibility index (Phi) is 5.34. The second-order valence-electron chi connectivity index (χ2n) is 9.17. The largest absolute Gasteiger partial charge is 0.0914 e. The van der Waals surface area contributed by atoms with E-state index in [0.717, 1.165) is 29.6 Å². The molecule has 0 nitrogen and oxygen atoms in total. The molecule has 1 aromatic carbocycles. The highest BCUT2D eigenvalue weighted by Crippen LogP contribution is 2.48. The summed E-state index contributed by atoms with van der Waals surface area (Å²) in [7, 11) is 0. The minimum absolute atomic E-state index is 0.841. The maximum atomic E-state index is 2.61. The van der Waals surface area contributed by atoms with Crippen LogP contribution in [0.1, 0.15) is 87.8 Å². The first kappa shape index (κ1) is 17.4. The predicted molar refractivity (Wildman–Crippen MR) is 108 cm³/mol. The van der Waals surface area contributed by atoms with E-state index < -0.39 is 0 Å². The summed E-state index contributed by atoms with van der Waals surface area (Å²) >= 11 is 0. The Morgan fingerprint density at radius 1 is 0.960 bits per heavy atom. The molecule has 0 bridgehead atoms. The number of fused-ring (bicyclic) bond motifs is 2. The molecule has 3 aliphatic carbocycles. The second-order valence-corrected chi connectivity index (χ2v) is 9.17. The average molecular weight is 337 g/mol. The van der Waals surface area contributed by atoms with Gasteiger partial charge < -0.3 is 0 Å². The van der Waals surface area contributed by atoms with Crippen LogP contribution in [0.25, 0.3) is 0 Å². The Bertz CT molecular complexity index is 610. The van der Waals surface area contributed by atoms with Crippen molar-refractivity contribution in [1.29, 1.82) is 0 Å². The van der Waals surface area contributed by atoms with E-state index in [1.807, 2.05) is 0 Å². The van der Waals surface area contributed by atoms with Gasteiger partial charge in [0.2, 0.25) is 0 Å². The molecule has 0 spiro atoms. The van der Waals surface area contributed by atoms with Gasteiger partial charge in [-0.2, -0.15) is 0 Å². The van der Waals surface area contributed by atoms with Crippen LogP contribution < -0.4 is 0 Å². The molecule has 0 heterocycles. The molecule has 5 unspecified atom stereocenters. The molecular formula is C25H36. The fraction of sp³-hybridized carbons (Fsp3) is 0.680. The topological polar surface area (TPSA) is 0 Å². The first-order chi connectivity index (χ1) is 12.3. The molecule has 2 fully saturated rings. The van der Waals surface area contributed by atoms with E-state index in [9.17, 15) is 0 Å². The van der Waals surface area contributed by atoms with Crippen molar-refractivity contribution in [2.24, 2.45) is 23.7 Å². The van der Waals surface area contributed by atoms with Gasteiger partial charge in [-0.15, -0.1) is 0 Å². The minimum atomic E-state index is 0.841. The standard InChI is InChI=1S/C25H36/c1-3-5-19-7-9-23-17-25(13-11-21(23)15-19)24-12-10-20-14-18(4-2)6-8-22(20)16-24/h3,5,10,12,16,18-19,21,23,25H,4,6-9,11,13-15,17H2,1-2H3/b5-3+. The number of hydrogen-bond acceptors (Lipinski definition) is 0. The van der Waals surface area contributed by atoms with Crippen molar-refractivity contribution in [1.82, 2.24) is 0 Å². The smallest absolute Gasteiger partial charge is 0.0159 e. The highest BCUT2D eigenvalue weighted by Gasteiger charge is 2.35. The van der Waals surface area contributed by atoms with Crippen molar-refractivity contribution in [3.05, 3.63) is 47.0 Å². The molecule has 136 valence electrons. The Labute approximate surface area is 155 Å². The van der Waals surface area contributed by atoms with Crippen molar-refractivity contribution >= 4 is 0 Å². The highest BCUT2D eigenvalue weighted by molar-refractivity contribution is 5.36. The van der Waals surface area contributed by atoms with Crippen LogP contribution in [0.15, 0.2) is 30.4 Å². The van der Waals surface area contributed by atoms with E-state index >= 15 is 0 Å². The Balaban J connectivity index is 1.42. The van der Waals surface area contributed by atoms with E-state index in [1.165, 1.54) is 64.2 Å². The summed E-state index contributed by atoms with van der Waals surface area (Å²) in [4.78, 5) is 0. The fourth-order valence-electron chi connectivity index (χ4n) is 6.13. The van der Waals surface area contributed by atoms with Gasteiger partial charge >= 0.3 is 0 Å². The molecule has 1 aromatic rings. The SMILES string of the molecule is C/C=C/C1CCC2CC(c3ccc4c(c3)CCC(CC)C4)CCC2C1. The third-order valence-electron chi connectivity index (χ3n) is 7.73. The van der Waals surface area contributed by atoms with Crippen LogP contribution in [0.2, 0.25) is 0 Å². The maximum absolute atomic E-state index is 2.61. The summed E-state index contributed by atoms with van der Waals surface area (Å²) in [6.45, 7) is 4.54. The zero-order valence-corrected chi connectivity index (χ0v) is 16.3. The minimum Gasteiger partial charge on any atom is -0.0914 e. The van der Waals surface area contributed by atoms with E-state index in [1.54, 1.807) is 16.7 Å². The van der Waals surface area contributed by atoms with Gasteiger partial charge in [0.15, 0.2) is 0 Å². The van der Waals surface area contributed by atoms with Gasteiger partial charge in [0, 0.05) is 0 Å². The molecular weight excluding hydrogens is 300 g/mol. The molecule has 4 rings (SSSR count). The monoisotopic (exact) mass is 336 g/mol. The van der Waals surface area contributed by atoms with Crippen molar-refractivity contribution < 1.29 is 0 Å². The van der Waals surface area contributed by atoms with Crippen molar-refractivity contribution in [3.8, 4) is 0 Å². The average Bonchev–Trinajstić information content (AvgIpc) is 2.67. The molecule has 0 aliphatic heterocycles. The quantitative estimate of drug-likeness (QED) is 0.517. The number of rotatable bonds is 3. The molecule has 0 radical (unpaired) electrons. The van der Waals surface area contributed by atoms with Crippen LogP contribution in [-0.4, -0.2) is 0 Å². The van der Waals surface area contributed by atoms with E-state index in [2.05, 4.69) is 44.2 Å². The van der Waals surface area contributed by atoms with Crippen LogP contribution in [0, 0.1) is 23.7 Å². The lowest BCUT2D eigenvalue weighted by molar-refractivity contribution is 0.133. The Morgan fingerprint density at radius 2 is 1.80 bits per heavy atom. The van der Waals surface area contributed by atoms with E-state index in [-0.39, 0.29) is 0 Å². The fourth-order valence-corrected chi connectivity index (χ4v) is 6.13. The first-order valence-corrected chi connectivity index (χ1v) is 11.0. The summed E-state index contributed by atoms with van der Waals surface area (Å²) in [5.41, 5.74) is 5.01. The maximum Gasteiger partial charge on any atom is -0.0159 e. The molecule has 0 amide bonds.